The normalized spacial score (nSPS) is 17.4. The minimum Gasteiger partial charge on any atom is -0.481 e. The van der Waals surface area contributed by atoms with E-state index in [-0.39, 0.29) is 65.4 Å². The first kappa shape index (κ1) is 34.0. The van der Waals surface area contributed by atoms with E-state index in [9.17, 15) is 32.0 Å². The predicted molar refractivity (Wildman–Crippen MR) is 172 cm³/mol. The summed E-state index contributed by atoms with van der Waals surface area (Å²) in [4.78, 5) is 58.7. The van der Waals surface area contributed by atoms with E-state index >= 15 is 0 Å². The van der Waals surface area contributed by atoms with E-state index in [0.717, 1.165) is 24.0 Å². The van der Waals surface area contributed by atoms with Crippen molar-refractivity contribution in [3.8, 4) is 5.75 Å². The van der Waals surface area contributed by atoms with Crippen LogP contribution in [0.15, 0.2) is 70.6 Å². The molecule has 2 aromatic heterocycles. The summed E-state index contributed by atoms with van der Waals surface area (Å²) in [5.41, 5.74) is -0.202. The zero-order valence-electron chi connectivity index (χ0n) is 25.9. The van der Waals surface area contributed by atoms with Gasteiger partial charge in [-0.2, -0.15) is 0 Å². The number of nitrogens with zero attached hydrogens (tertiary/aromatic N) is 4. The molecule has 2 aromatic carbocycles. The Morgan fingerprint density at radius 2 is 1.83 bits per heavy atom. The summed E-state index contributed by atoms with van der Waals surface area (Å²) >= 11 is 0.530. The molecule has 47 heavy (non-hydrogen) atoms. The molecule has 1 fully saturated rings. The molecule has 1 saturated heterocycles. The third-order valence-electron chi connectivity index (χ3n) is 7.47. The average Bonchev–Trinajstić information content (AvgIpc) is 3.42. The quantitative estimate of drug-likeness (QED) is 0.216. The van der Waals surface area contributed by atoms with Gasteiger partial charge in [-0.3, -0.25) is 14.4 Å². The van der Waals surface area contributed by atoms with Crippen LogP contribution in [-0.2, 0) is 43.7 Å². The number of carbonyl (C=O) groups excluding carboxylic acids is 3. The van der Waals surface area contributed by atoms with Gasteiger partial charge < -0.3 is 23.7 Å². The summed E-state index contributed by atoms with van der Waals surface area (Å²) < 4.78 is 52.7. The number of thioether (sulfide) groups is 1. The molecule has 5 rings (SSSR count). The number of halogens is 1. The highest BCUT2D eigenvalue weighted by molar-refractivity contribution is 8.15. The standard InChI is InChI=1S/C32H33FN4O8S2/c1-20-15-36(16-21(2)45-20)27(39)17-35-11-12-37-30(40)29(44-19-22-7-5-4-6-8-22)28(34-32(35)37)31(41)46-25(18-38)13-23-9-10-24(33)14-26(23)47(3,42)43/h4-12,14,18,20-21,25H,13,15-17,19H2,1-3H3. The van der Waals surface area contributed by atoms with Crippen LogP contribution in [0.2, 0.25) is 0 Å². The topological polar surface area (TPSA) is 146 Å². The third kappa shape index (κ3) is 7.97. The third-order valence-corrected chi connectivity index (χ3v) is 9.63. The summed E-state index contributed by atoms with van der Waals surface area (Å²) in [5, 5.41) is -1.91. The number of hydrogen-bond acceptors (Lipinski definition) is 10. The highest BCUT2D eigenvalue weighted by Gasteiger charge is 2.29. The summed E-state index contributed by atoms with van der Waals surface area (Å²) in [7, 11) is -3.85. The number of sulfone groups is 1. The van der Waals surface area contributed by atoms with Gasteiger partial charge in [-0.25, -0.2) is 22.2 Å². The van der Waals surface area contributed by atoms with Gasteiger partial charge in [0.1, 0.15) is 25.3 Å². The molecule has 4 aromatic rings. The van der Waals surface area contributed by atoms with E-state index in [2.05, 4.69) is 4.98 Å². The Morgan fingerprint density at radius 3 is 2.49 bits per heavy atom. The maximum absolute atomic E-state index is 13.9. The molecule has 0 aliphatic carbocycles. The van der Waals surface area contributed by atoms with Gasteiger partial charge in [-0.05, 0) is 43.5 Å². The molecule has 0 N–H and O–H groups in total. The molecule has 3 heterocycles. The van der Waals surface area contributed by atoms with Gasteiger partial charge in [0.2, 0.25) is 22.5 Å². The number of amides is 1. The lowest BCUT2D eigenvalue weighted by Crippen LogP contribution is -2.49. The van der Waals surface area contributed by atoms with Crippen LogP contribution < -0.4 is 10.3 Å². The predicted octanol–water partition coefficient (Wildman–Crippen LogP) is 2.94. The van der Waals surface area contributed by atoms with Crippen molar-refractivity contribution in [2.75, 3.05) is 19.3 Å². The van der Waals surface area contributed by atoms with Gasteiger partial charge >= 0.3 is 5.56 Å². The number of benzene rings is 2. The summed E-state index contributed by atoms with van der Waals surface area (Å²) in [6.07, 6.45) is 3.81. The molecule has 3 atom stereocenters. The highest BCUT2D eigenvalue weighted by atomic mass is 32.2. The zero-order chi connectivity index (χ0) is 33.9. The van der Waals surface area contributed by atoms with Crippen LogP contribution in [-0.4, -0.2) is 81.4 Å². The fourth-order valence-corrected chi connectivity index (χ4v) is 7.17. The van der Waals surface area contributed by atoms with Crippen molar-refractivity contribution in [1.82, 2.24) is 18.9 Å². The fraction of sp³-hybridized carbons (Fsp3) is 0.344. The number of ether oxygens (including phenoxy) is 2. The van der Waals surface area contributed by atoms with Crippen LogP contribution in [0.4, 0.5) is 4.39 Å². The highest BCUT2D eigenvalue weighted by Crippen LogP contribution is 2.27. The van der Waals surface area contributed by atoms with Gasteiger partial charge in [0.25, 0.3) is 0 Å². The largest absolute Gasteiger partial charge is 0.481 e. The van der Waals surface area contributed by atoms with Gasteiger partial charge in [-0.15, -0.1) is 0 Å². The number of morpholine rings is 1. The second kappa shape index (κ2) is 14.2. The first-order valence-electron chi connectivity index (χ1n) is 14.7. The van der Waals surface area contributed by atoms with Crippen LogP contribution in [0.25, 0.3) is 5.78 Å². The molecular formula is C32H33FN4O8S2. The zero-order valence-corrected chi connectivity index (χ0v) is 27.5. The second-order valence-corrected chi connectivity index (χ2v) is 14.5. The summed E-state index contributed by atoms with van der Waals surface area (Å²) in [5.74, 6) is -1.34. The van der Waals surface area contributed by atoms with Crippen LogP contribution in [0, 0.1) is 5.82 Å². The number of hydrogen-bond donors (Lipinski definition) is 0. The van der Waals surface area contributed by atoms with Crippen molar-refractivity contribution in [3.63, 3.8) is 0 Å². The lowest BCUT2D eigenvalue weighted by Gasteiger charge is -2.35. The molecular weight excluding hydrogens is 652 g/mol. The summed E-state index contributed by atoms with van der Waals surface area (Å²) in [6, 6.07) is 12.1. The molecule has 0 saturated carbocycles. The Kier molecular flexibility index (Phi) is 10.3. The van der Waals surface area contributed by atoms with Crippen LogP contribution in [0.1, 0.15) is 35.5 Å². The number of fused-ring (bicyclic) bond motifs is 1. The fourth-order valence-electron chi connectivity index (χ4n) is 5.38. The molecule has 1 aliphatic rings. The summed E-state index contributed by atoms with van der Waals surface area (Å²) in [6.45, 7) is 4.32. The SMILES string of the molecule is CC1CN(C(=O)Cn2ccn3c(=O)c(OCc4ccccc4)c(C(=O)SC(C=O)Cc4ccc(F)cc4S(C)(=O)=O)nc23)CC(C)O1. The van der Waals surface area contributed by atoms with Crippen LogP contribution >= 0.6 is 11.8 Å². The molecule has 0 spiro atoms. The molecule has 12 nitrogen and oxygen atoms in total. The average molecular weight is 685 g/mol. The van der Waals surface area contributed by atoms with Crippen molar-refractivity contribution in [1.29, 1.82) is 0 Å². The van der Waals surface area contributed by atoms with Gasteiger partial charge in [0.15, 0.2) is 15.5 Å². The number of aldehydes is 1. The molecule has 0 bridgehead atoms. The van der Waals surface area contributed by atoms with E-state index in [1.165, 1.54) is 27.4 Å². The number of carbonyl (C=O) groups is 3. The Bertz CT molecular complexity index is 1970. The molecule has 3 unspecified atom stereocenters. The van der Waals surface area contributed by atoms with E-state index < -0.39 is 31.6 Å². The molecule has 1 amide bonds. The van der Waals surface area contributed by atoms with E-state index in [1.54, 1.807) is 29.2 Å². The second-order valence-electron chi connectivity index (χ2n) is 11.3. The van der Waals surface area contributed by atoms with Gasteiger partial charge in [-0.1, -0.05) is 48.2 Å². The van der Waals surface area contributed by atoms with Gasteiger partial charge in [0, 0.05) is 31.7 Å². The first-order valence-corrected chi connectivity index (χ1v) is 17.5. The van der Waals surface area contributed by atoms with Gasteiger partial charge in [0.05, 0.1) is 22.4 Å². The van der Waals surface area contributed by atoms with E-state index in [1.807, 2.05) is 19.9 Å². The smallest absolute Gasteiger partial charge is 0.302 e. The van der Waals surface area contributed by atoms with E-state index in [4.69, 9.17) is 9.47 Å². The Morgan fingerprint density at radius 1 is 1.13 bits per heavy atom. The minimum atomic E-state index is -3.85. The molecule has 1 aliphatic heterocycles. The lowest BCUT2D eigenvalue weighted by atomic mass is 10.1. The Hall–Kier alpha value is -4.34. The number of rotatable bonds is 11. The maximum atomic E-state index is 13.9. The van der Waals surface area contributed by atoms with Crippen molar-refractivity contribution in [2.24, 2.45) is 0 Å². The maximum Gasteiger partial charge on any atom is 0.302 e. The number of imidazole rings is 1. The lowest BCUT2D eigenvalue weighted by molar-refractivity contribution is -0.143. The van der Waals surface area contributed by atoms with Crippen molar-refractivity contribution < 1.29 is 36.7 Å². The van der Waals surface area contributed by atoms with Crippen molar-refractivity contribution in [3.05, 3.63) is 93.9 Å². The van der Waals surface area contributed by atoms with Crippen molar-refractivity contribution >= 4 is 44.7 Å². The van der Waals surface area contributed by atoms with Crippen LogP contribution in [0.5, 0.6) is 5.75 Å². The van der Waals surface area contributed by atoms with Crippen LogP contribution in [0.3, 0.4) is 0 Å². The monoisotopic (exact) mass is 684 g/mol. The number of aromatic nitrogens is 3. The minimum absolute atomic E-state index is 0.00858. The van der Waals surface area contributed by atoms with Crippen molar-refractivity contribution in [2.45, 2.75) is 55.8 Å². The molecule has 248 valence electrons. The first-order chi connectivity index (χ1) is 22.3. The molecule has 15 heteroatoms. The molecule has 0 radical (unpaired) electrons. The Labute approximate surface area is 274 Å². The Balaban J connectivity index is 1.48. The van der Waals surface area contributed by atoms with E-state index in [0.29, 0.717) is 31.1 Å².